The van der Waals surface area contributed by atoms with Crippen molar-refractivity contribution in [2.24, 2.45) is 0 Å². The molecule has 0 unspecified atom stereocenters. The molecule has 0 saturated heterocycles. The van der Waals surface area contributed by atoms with Gasteiger partial charge in [0, 0.05) is 23.3 Å². The van der Waals surface area contributed by atoms with Gasteiger partial charge in [0.1, 0.15) is 0 Å². The van der Waals surface area contributed by atoms with E-state index in [9.17, 15) is 4.79 Å². The Morgan fingerprint density at radius 2 is 1.76 bits per heavy atom. The Kier molecular flexibility index (Phi) is 3.67. The van der Waals surface area contributed by atoms with E-state index >= 15 is 0 Å². The fourth-order valence-corrected chi connectivity index (χ4v) is 2.60. The van der Waals surface area contributed by atoms with Gasteiger partial charge in [-0.25, -0.2) is 0 Å². The van der Waals surface area contributed by atoms with Gasteiger partial charge in [0.05, 0.1) is 6.42 Å². The van der Waals surface area contributed by atoms with Gasteiger partial charge in [0.2, 0.25) is 0 Å². The number of hydrogen-bond donors (Lipinski definition) is 1. The fourth-order valence-electron chi connectivity index (χ4n) is 2.43. The lowest BCUT2D eigenvalue weighted by atomic mass is 10.1. The van der Waals surface area contributed by atoms with Crippen LogP contribution in [0.15, 0.2) is 54.7 Å². The third-order valence-corrected chi connectivity index (χ3v) is 3.70. The van der Waals surface area contributed by atoms with Gasteiger partial charge in [-0.2, -0.15) is 0 Å². The van der Waals surface area contributed by atoms with Crippen molar-refractivity contribution in [3.63, 3.8) is 0 Å². The molecule has 0 radical (unpaired) electrons. The number of carboxylic acids is 1. The second kappa shape index (κ2) is 5.62. The maximum Gasteiger partial charge on any atom is 0.307 e. The van der Waals surface area contributed by atoms with Crippen molar-refractivity contribution in [2.75, 3.05) is 0 Å². The van der Waals surface area contributed by atoms with E-state index in [2.05, 4.69) is 10.6 Å². The quantitative estimate of drug-likeness (QED) is 0.792. The number of benzene rings is 2. The molecule has 1 aromatic heterocycles. The zero-order valence-electron chi connectivity index (χ0n) is 11.3. The predicted octanol–water partition coefficient (Wildman–Crippen LogP) is 3.97. The third kappa shape index (κ3) is 3.09. The molecule has 0 saturated carbocycles. The smallest absolute Gasteiger partial charge is 0.307 e. The van der Waals surface area contributed by atoms with Crippen LogP contribution in [-0.4, -0.2) is 15.6 Å². The molecule has 0 aliphatic heterocycles. The van der Waals surface area contributed by atoms with Gasteiger partial charge in [0.15, 0.2) is 0 Å². The summed E-state index contributed by atoms with van der Waals surface area (Å²) in [6.45, 7) is 0.733. The lowest BCUT2D eigenvalue weighted by Gasteiger charge is -2.07. The summed E-state index contributed by atoms with van der Waals surface area (Å²) in [5.41, 5.74) is 3.03. The van der Waals surface area contributed by atoms with E-state index in [0.29, 0.717) is 0 Å². The second-order valence-corrected chi connectivity index (χ2v) is 5.47. The minimum atomic E-state index is -0.811. The van der Waals surface area contributed by atoms with Gasteiger partial charge in [0.25, 0.3) is 0 Å². The van der Waals surface area contributed by atoms with Crippen molar-refractivity contribution in [1.29, 1.82) is 0 Å². The van der Waals surface area contributed by atoms with Crippen LogP contribution >= 0.6 is 11.6 Å². The van der Waals surface area contributed by atoms with E-state index in [0.717, 1.165) is 33.6 Å². The number of nitrogens with zero attached hydrogens (tertiary/aromatic N) is 1. The van der Waals surface area contributed by atoms with Gasteiger partial charge in [-0.15, -0.1) is 0 Å². The minimum Gasteiger partial charge on any atom is -0.481 e. The highest BCUT2D eigenvalue weighted by Gasteiger charge is 2.04. The lowest BCUT2D eigenvalue weighted by molar-refractivity contribution is -0.136. The molecule has 0 aliphatic carbocycles. The average molecular weight is 300 g/mol. The Bertz CT molecular complexity index is 790. The summed E-state index contributed by atoms with van der Waals surface area (Å²) < 4.78 is 2.13. The van der Waals surface area contributed by atoms with Crippen LogP contribution in [0.2, 0.25) is 5.02 Å². The van der Waals surface area contributed by atoms with E-state index in [1.165, 1.54) is 0 Å². The van der Waals surface area contributed by atoms with E-state index in [-0.39, 0.29) is 6.42 Å². The molecule has 0 atom stereocenters. The molecule has 106 valence electrons. The minimum absolute atomic E-state index is 0.0579. The fraction of sp³-hybridized carbons (Fsp3) is 0.118. The van der Waals surface area contributed by atoms with E-state index in [4.69, 9.17) is 16.7 Å². The zero-order valence-corrected chi connectivity index (χ0v) is 12.0. The molecule has 1 N–H and O–H groups in total. The molecule has 0 amide bonds. The molecule has 0 fully saturated rings. The largest absolute Gasteiger partial charge is 0.481 e. The highest BCUT2D eigenvalue weighted by molar-refractivity contribution is 6.31. The maximum atomic E-state index is 10.7. The maximum absolute atomic E-state index is 10.7. The van der Waals surface area contributed by atoms with Gasteiger partial charge in [-0.3, -0.25) is 4.79 Å². The van der Waals surface area contributed by atoms with E-state index in [1.54, 1.807) is 0 Å². The number of aliphatic carboxylic acids is 1. The van der Waals surface area contributed by atoms with Crippen LogP contribution < -0.4 is 0 Å². The van der Waals surface area contributed by atoms with E-state index in [1.807, 2.05) is 48.7 Å². The predicted molar refractivity (Wildman–Crippen MR) is 83.8 cm³/mol. The Morgan fingerprint density at radius 1 is 1.05 bits per heavy atom. The van der Waals surface area contributed by atoms with Crippen molar-refractivity contribution < 1.29 is 9.90 Å². The second-order valence-electron chi connectivity index (χ2n) is 5.03. The summed E-state index contributed by atoms with van der Waals surface area (Å²) in [5.74, 6) is -0.811. The van der Waals surface area contributed by atoms with Crippen molar-refractivity contribution in [3.8, 4) is 0 Å². The normalized spacial score (nSPS) is 10.9. The van der Waals surface area contributed by atoms with Crippen molar-refractivity contribution >= 4 is 28.5 Å². The molecule has 0 spiro atoms. The topological polar surface area (TPSA) is 42.2 Å². The monoisotopic (exact) mass is 299 g/mol. The van der Waals surface area contributed by atoms with Gasteiger partial charge in [-0.1, -0.05) is 41.9 Å². The van der Waals surface area contributed by atoms with Crippen LogP contribution in [0, 0.1) is 0 Å². The summed E-state index contributed by atoms with van der Waals surface area (Å²) in [7, 11) is 0. The molecular formula is C17H14ClNO2. The van der Waals surface area contributed by atoms with Gasteiger partial charge < -0.3 is 9.67 Å². The van der Waals surface area contributed by atoms with Gasteiger partial charge in [-0.05, 0) is 34.7 Å². The Hall–Kier alpha value is -2.26. The number of carboxylic acid groups (broad SMARTS) is 1. The SMILES string of the molecule is O=C(O)Cc1ccc(Cn2ccc3ccc(Cl)cc32)cc1. The third-order valence-electron chi connectivity index (χ3n) is 3.47. The zero-order chi connectivity index (χ0) is 14.8. The number of aromatic nitrogens is 1. The van der Waals surface area contributed by atoms with Crippen molar-refractivity contribution in [3.05, 3.63) is 70.9 Å². The summed E-state index contributed by atoms with van der Waals surface area (Å²) in [6.07, 6.45) is 2.09. The van der Waals surface area contributed by atoms with Crippen LogP contribution in [0.5, 0.6) is 0 Å². The highest BCUT2D eigenvalue weighted by atomic mass is 35.5. The number of rotatable bonds is 4. The summed E-state index contributed by atoms with van der Waals surface area (Å²) in [5, 5.41) is 10.6. The van der Waals surface area contributed by atoms with Crippen molar-refractivity contribution in [2.45, 2.75) is 13.0 Å². The Balaban J connectivity index is 1.85. The molecule has 0 aliphatic rings. The van der Waals surface area contributed by atoms with Crippen LogP contribution in [0.3, 0.4) is 0 Å². The molecule has 4 heteroatoms. The number of hydrogen-bond acceptors (Lipinski definition) is 1. The first-order valence-electron chi connectivity index (χ1n) is 6.66. The first-order chi connectivity index (χ1) is 10.1. The molecule has 3 aromatic rings. The van der Waals surface area contributed by atoms with Crippen LogP contribution in [0.4, 0.5) is 0 Å². The molecule has 21 heavy (non-hydrogen) atoms. The van der Waals surface area contributed by atoms with Gasteiger partial charge >= 0.3 is 5.97 Å². The van der Waals surface area contributed by atoms with Crippen LogP contribution in [0.1, 0.15) is 11.1 Å². The molecule has 1 heterocycles. The first kappa shape index (κ1) is 13.7. The van der Waals surface area contributed by atoms with Crippen LogP contribution in [-0.2, 0) is 17.8 Å². The number of halogens is 1. The molecule has 2 aromatic carbocycles. The lowest BCUT2D eigenvalue weighted by Crippen LogP contribution is -2.01. The summed E-state index contributed by atoms with van der Waals surface area (Å²) in [6, 6.07) is 15.6. The van der Waals surface area contributed by atoms with Crippen LogP contribution in [0.25, 0.3) is 10.9 Å². The highest BCUT2D eigenvalue weighted by Crippen LogP contribution is 2.21. The number of fused-ring (bicyclic) bond motifs is 1. The summed E-state index contributed by atoms with van der Waals surface area (Å²) in [4.78, 5) is 10.7. The molecule has 0 bridgehead atoms. The average Bonchev–Trinajstić information content (AvgIpc) is 2.83. The van der Waals surface area contributed by atoms with E-state index < -0.39 is 5.97 Å². The molecular weight excluding hydrogens is 286 g/mol. The Morgan fingerprint density at radius 3 is 2.48 bits per heavy atom. The van der Waals surface area contributed by atoms with Crippen molar-refractivity contribution in [1.82, 2.24) is 4.57 Å². The molecule has 3 rings (SSSR count). The standard InChI is InChI=1S/C17H14ClNO2/c18-15-6-5-14-7-8-19(16(14)10-15)11-13-3-1-12(2-4-13)9-17(20)21/h1-8,10H,9,11H2,(H,20,21). The molecule has 3 nitrogen and oxygen atoms in total. The number of carbonyl (C=O) groups is 1. The summed E-state index contributed by atoms with van der Waals surface area (Å²) >= 11 is 6.05. The first-order valence-corrected chi connectivity index (χ1v) is 7.03. The Labute approximate surface area is 127 Å².